The molecule has 0 unspecified atom stereocenters. The number of carbonyl (C=O) groups excluding carboxylic acids is 2. The van der Waals surface area contributed by atoms with E-state index in [1.165, 1.54) is 12.4 Å². The average molecular weight is 471 g/mol. The first kappa shape index (κ1) is 19.3. The van der Waals surface area contributed by atoms with E-state index in [-0.39, 0.29) is 5.56 Å². The Balaban J connectivity index is 1.80. The van der Waals surface area contributed by atoms with Gasteiger partial charge in [0.25, 0.3) is 12.1 Å². The molecule has 0 aliphatic carbocycles. The third kappa shape index (κ3) is 4.06. The number of ether oxygens (including phenoxy) is 1. The van der Waals surface area contributed by atoms with Crippen molar-refractivity contribution in [2.24, 2.45) is 4.99 Å². The van der Waals surface area contributed by atoms with Gasteiger partial charge < -0.3 is 10.1 Å². The van der Waals surface area contributed by atoms with E-state index in [0.717, 1.165) is 4.47 Å². The molecule has 0 saturated heterocycles. The maximum Gasteiger partial charge on any atom is 0.342 e. The number of halogens is 2. The van der Waals surface area contributed by atoms with E-state index in [9.17, 15) is 9.59 Å². The molecule has 1 atom stereocenters. The predicted octanol–water partition coefficient (Wildman–Crippen LogP) is 4.47. The molecule has 8 heteroatoms. The molecular weight excluding hydrogens is 458 g/mol. The summed E-state index contributed by atoms with van der Waals surface area (Å²) in [6.07, 6.45) is 1.51. The minimum absolute atomic E-state index is 0.222. The van der Waals surface area contributed by atoms with Crippen molar-refractivity contribution in [3.63, 3.8) is 0 Å². The fourth-order valence-electron chi connectivity index (χ4n) is 2.86. The van der Waals surface area contributed by atoms with Crippen LogP contribution in [0.15, 0.2) is 76.5 Å². The Morgan fingerprint density at radius 2 is 1.93 bits per heavy atom. The van der Waals surface area contributed by atoms with Crippen LogP contribution in [0.3, 0.4) is 0 Å². The highest BCUT2D eigenvalue weighted by Crippen LogP contribution is 2.30. The van der Waals surface area contributed by atoms with E-state index in [2.05, 4.69) is 31.2 Å². The third-order valence-electron chi connectivity index (χ3n) is 4.21. The lowest BCUT2D eigenvalue weighted by Gasteiger charge is -2.13. The monoisotopic (exact) mass is 469 g/mol. The summed E-state index contributed by atoms with van der Waals surface area (Å²) < 4.78 is 6.19. The smallest absolute Gasteiger partial charge is 0.342 e. The summed E-state index contributed by atoms with van der Waals surface area (Å²) in [5, 5.41) is 3.23. The molecule has 6 nitrogen and oxygen atoms in total. The molecule has 2 aromatic carbocycles. The summed E-state index contributed by atoms with van der Waals surface area (Å²) in [5.74, 6) is -1.26. The molecule has 1 N–H and O–H groups in total. The number of pyridine rings is 1. The van der Waals surface area contributed by atoms with Crippen molar-refractivity contribution in [1.82, 2.24) is 4.98 Å². The first-order valence-electron chi connectivity index (χ1n) is 8.57. The van der Waals surface area contributed by atoms with Gasteiger partial charge in [0.15, 0.2) is 0 Å². The normalized spacial score (nSPS) is 15.6. The van der Waals surface area contributed by atoms with Crippen LogP contribution >= 0.6 is 27.5 Å². The summed E-state index contributed by atoms with van der Waals surface area (Å²) in [7, 11) is 0. The topological polar surface area (TPSA) is 80.6 Å². The van der Waals surface area contributed by atoms with Crippen molar-refractivity contribution in [2.45, 2.75) is 6.23 Å². The van der Waals surface area contributed by atoms with Crippen molar-refractivity contribution in [2.75, 3.05) is 5.32 Å². The number of aromatic nitrogens is 1. The standard InChI is InChI=1S/C21H13BrClN3O3/c22-13-7-8-17-15(10-13)18(14-5-1-2-6-16(14)23)26-20(19(27)25-17)29-21(28)12-4-3-9-24-11-12/h1-11,20H,(H,25,27)/t20-/m0/s1. The van der Waals surface area contributed by atoms with Crippen molar-refractivity contribution in [3.05, 3.63) is 93.2 Å². The van der Waals surface area contributed by atoms with Crippen molar-refractivity contribution >= 4 is 50.8 Å². The van der Waals surface area contributed by atoms with Crippen molar-refractivity contribution in [1.29, 1.82) is 0 Å². The van der Waals surface area contributed by atoms with Crippen LogP contribution in [-0.4, -0.2) is 28.8 Å². The van der Waals surface area contributed by atoms with E-state index in [1.807, 2.05) is 12.1 Å². The van der Waals surface area contributed by atoms with Gasteiger partial charge in [0.05, 0.1) is 17.0 Å². The molecule has 0 radical (unpaired) electrons. The van der Waals surface area contributed by atoms with Crippen LogP contribution < -0.4 is 5.32 Å². The molecule has 1 aliphatic heterocycles. The number of nitrogens with one attached hydrogen (secondary N) is 1. The molecule has 29 heavy (non-hydrogen) atoms. The van der Waals surface area contributed by atoms with E-state index < -0.39 is 18.1 Å². The lowest BCUT2D eigenvalue weighted by atomic mass is 10.0. The van der Waals surface area contributed by atoms with Gasteiger partial charge in [-0.3, -0.25) is 9.78 Å². The number of fused-ring (bicyclic) bond motifs is 1. The second kappa shape index (κ2) is 8.14. The Labute approximate surface area is 179 Å². The number of benzene rings is 2. The van der Waals surface area contributed by atoms with Crippen LogP contribution in [0.25, 0.3) is 0 Å². The number of hydrogen-bond donors (Lipinski definition) is 1. The summed E-state index contributed by atoms with van der Waals surface area (Å²) in [5.41, 5.74) is 2.47. The number of rotatable bonds is 3. The number of aliphatic imine (C=N–C) groups is 1. The maximum absolute atomic E-state index is 12.7. The maximum atomic E-state index is 12.7. The summed E-state index contributed by atoms with van der Waals surface area (Å²) in [6.45, 7) is 0. The van der Waals surface area contributed by atoms with Gasteiger partial charge in [-0.1, -0.05) is 45.7 Å². The molecule has 0 spiro atoms. The second-order valence-electron chi connectivity index (χ2n) is 6.14. The van der Waals surface area contributed by atoms with Crippen molar-refractivity contribution < 1.29 is 14.3 Å². The van der Waals surface area contributed by atoms with Crippen LogP contribution in [0.4, 0.5) is 5.69 Å². The van der Waals surface area contributed by atoms with E-state index in [4.69, 9.17) is 16.3 Å². The SMILES string of the molecule is O=C(O[C@@H]1N=C(c2ccccc2Cl)c2cc(Br)ccc2NC1=O)c1cccnc1. The summed E-state index contributed by atoms with van der Waals surface area (Å²) in [4.78, 5) is 33.6. The van der Waals surface area contributed by atoms with E-state index in [1.54, 1.807) is 42.5 Å². The first-order valence-corrected chi connectivity index (χ1v) is 9.74. The molecule has 1 aliphatic rings. The van der Waals surface area contributed by atoms with Gasteiger partial charge in [0, 0.05) is 33.0 Å². The highest BCUT2D eigenvalue weighted by molar-refractivity contribution is 9.10. The quantitative estimate of drug-likeness (QED) is 0.573. The number of esters is 1. The Morgan fingerprint density at radius 1 is 1.10 bits per heavy atom. The zero-order valence-corrected chi connectivity index (χ0v) is 17.1. The van der Waals surface area contributed by atoms with Gasteiger partial charge >= 0.3 is 5.97 Å². The van der Waals surface area contributed by atoms with Crippen LogP contribution in [0.1, 0.15) is 21.5 Å². The second-order valence-corrected chi connectivity index (χ2v) is 7.46. The molecule has 144 valence electrons. The average Bonchev–Trinajstić information content (AvgIpc) is 2.86. The Kier molecular flexibility index (Phi) is 5.42. The fraction of sp³-hybridized carbons (Fsp3) is 0.0476. The van der Waals surface area contributed by atoms with Crippen molar-refractivity contribution in [3.8, 4) is 0 Å². The molecule has 4 rings (SSSR count). The lowest BCUT2D eigenvalue weighted by Crippen LogP contribution is -2.30. The number of nitrogens with zero attached hydrogens (tertiary/aromatic N) is 2. The zero-order valence-electron chi connectivity index (χ0n) is 14.8. The van der Waals surface area contributed by atoms with Gasteiger partial charge in [0.1, 0.15) is 0 Å². The van der Waals surface area contributed by atoms with Crippen LogP contribution in [0.2, 0.25) is 5.02 Å². The zero-order chi connectivity index (χ0) is 20.4. The fourth-order valence-corrected chi connectivity index (χ4v) is 3.45. The van der Waals surface area contributed by atoms with Crippen LogP contribution in [0, 0.1) is 0 Å². The molecule has 0 saturated carbocycles. The molecule has 2 heterocycles. The molecule has 3 aromatic rings. The van der Waals surface area contributed by atoms with E-state index in [0.29, 0.717) is 27.5 Å². The Hall–Kier alpha value is -3.03. The highest BCUT2D eigenvalue weighted by atomic mass is 79.9. The molecule has 0 fully saturated rings. The third-order valence-corrected chi connectivity index (χ3v) is 5.03. The van der Waals surface area contributed by atoms with Gasteiger partial charge in [-0.25, -0.2) is 9.79 Å². The minimum atomic E-state index is -1.39. The van der Waals surface area contributed by atoms with Crippen LogP contribution in [0.5, 0.6) is 0 Å². The molecule has 0 bridgehead atoms. The number of carbonyl (C=O) groups is 2. The summed E-state index contributed by atoms with van der Waals surface area (Å²) in [6, 6.07) is 15.7. The highest BCUT2D eigenvalue weighted by Gasteiger charge is 2.30. The Morgan fingerprint density at radius 3 is 2.69 bits per heavy atom. The number of benzodiazepines with no additional fused rings is 1. The Bertz CT molecular complexity index is 1140. The van der Waals surface area contributed by atoms with Gasteiger partial charge in [0.2, 0.25) is 0 Å². The van der Waals surface area contributed by atoms with E-state index >= 15 is 0 Å². The van der Waals surface area contributed by atoms with Gasteiger partial charge in [-0.15, -0.1) is 0 Å². The van der Waals surface area contributed by atoms with Crippen LogP contribution in [-0.2, 0) is 9.53 Å². The number of anilines is 1. The summed E-state index contributed by atoms with van der Waals surface area (Å²) >= 11 is 9.83. The largest absolute Gasteiger partial charge is 0.426 e. The molecule has 1 amide bonds. The molecule has 1 aromatic heterocycles. The minimum Gasteiger partial charge on any atom is -0.426 e. The molecular formula is C21H13BrClN3O3. The first-order chi connectivity index (χ1) is 14.0. The lowest BCUT2D eigenvalue weighted by molar-refractivity contribution is -0.124. The predicted molar refractivity (Wildman–Crippen MR) is 113 cm³/mol. The van der Waals surface area contributed by atoms with Gasteiger partial charge in [-0.2, -0.15) is 0 Å². The van der Waals surface area contributed by atoms with Gasteiger partial charge in [-0.05, 0) is 36.4 Å². The number of amides is 1. The number of hydrogen-bond acceptors (Lipinski definition) is 5.